The molecule has 0 bridgehead atoms. The average Bonchev–Trinajstić information content (AvgIpc) is 3.52. The molecule has 0 aromatic rings. The standard InChI is InChI=1S/C69H120O12/c1-4-7-10-13-16-19-22-25-28-30-31-33-36-39-42-45-48-51-54-57-63(72)80-67-65(74)64(73)66(68(75)76)81-69(67)78-59-60(79-62(71)56-53-50-47-44-41-38-34-27-24-21-18-15-12-9-6-3)58-77-61(70)55-52-49-46-43-40-37-35-32-29-26-23-20-17-14-11-8-5-2/h9,12,18,21,25-29,34,60,64-67,69,73-74H,4-8,10-11,13-17,19-20,22-24,30-33,35-59H2,1-3H3,(H,75,76)/b12-9-,21-18-,28-25-,29-26-,34-27-. The molecule has 1 rings (SSSR count). The van der Waals surface area contributed by atoms with Gasteiger partial charge in [-0.15, -0.1) is 0 Å². The van der Waals surface area contributed by atoms with Gasteiger partial charge in [-0.05, 0) is 103 Å². The van der Waals surface area contributed by atoms with Crippen LogP contribution in [0.3, 0.4) is 0 Å². The van der Waals surface area contributed by atoms with Crippen LogP contribution in [0.15, 0.2) is 60.8 Å². The Morgan fingerprint density at radius 1 is 0.420 bits per heavy atom. The molecule has 0 aliphatic carbocycles. The minimum Gasteiger partial charge on any atom is -0.479 e. The Bertz CT molecular complexity index is 1640. The molecule has 12 nitrogen and oxygen atoms in total. The van der Waals surface area contributed by atoms with Gasteiger partial charge in [0.2, 0.25) is 0 Å². The molecule has 6 atom stereocenters. The van der Waals surface area contributed by atoms with Crippen molar-refractivity contribution in [3.05, 3.63) is 60.8 Å². The predicted molar refractivity (Wildman–Crippen MR) is 331 cm³/mol. The lowest BCUT2D eigenvalue weighted by Crippen LogP contribution is -2.61. The first-order valence-electron chi connectivity index (χ1n) is 33.3. The molecule has 0 spiro atoms. The molecular formula is C69H120O12. The molecule has 1 aliphatic heterocycles. The summed E-state index contributed by atoms with van der Waals surface area (Å²) in [5.41, 5.74) is 0. The highest BCUT2D eigenvalue weighted by atomic mass is 16.7. The first kappa shape index (κ1) is 75.4. The van der Waals surface area contributed by atoms with E-state index in [1.165, 1.54) is 135 Å². The molecule has 3 N–H and O–H groups in total. The third-order valence-corrected chi connectivity index (χ3v) is 15.0. The molecule has 1 heterocycles. The highest BCUT2D eigenvalue weighted by Crippen LogP contribution is 2.27. The number of hydrogen-bond donors (Lipinski definition) is 3. The van der Waals surface area contributed by atoms with Gasteiger partial charge in [0, 0.05) is 19.3 Å². The van der Waals surface area contributed by atoms with Crippen molar-refractivity contribution in [3.8, 4) is 0 Å². The summed E-state index contributed by atoms with van der Waals surface area (Å²) in [6, 6.07) is 0. The third-order valence-electron chi connectivity index (χ3n) is 15.0. The van der Waals surface area contributed by atoms with Crippen LogP contribution in [0.5, 0.6) is 0 Å². The minimum atomic E-state index is -1.91. The number of allylic oxidation sites excluding steroid dienone is 10. The summed E-state index contributed by atoms with van der Waals surface area (Å²) in [4.78, 5) is 51.4. The predicted octanol–water partition coefficient (Wildman–Crippen LogP) is 17.9. The van der Waals surface area contributed by atoms with Crippen LogP contribution in [-0.2, 0) is 42.9 Å². The number of esters is 3. The lowest BCUT2D eigenvalue weighted by Gasteiger charge is -2.40. The molecule has 1 saturated heterocycles. The van der Waals surface area contributed by atoms with Crippen molar-refractivity contribution in [2.24, 2.45) is 0 Å². The number of carbonyl (C=O) groups is 4. The Balaban J connectivity index is 2.65. The van der Waals surface area contributed by atoms with Crippen molar-refractivity contribution >= 4 is 23.9 Å². The Hall–Kier alpha value is -3.58. The molecule has 0 saturated carbocycles. The van der Waals surface area contributed by atoms with E-state index in [0.29, 0.717) is 19.3 Å². The average molecular weight is 1140 g/mol. The number of aliphatic hydroxyl groups excluding tert-OH is 2. The number of carboxylic acids is 1. The number of ether oxygens (including phenoxy) is 5. The number of unbranched alkanes of at least 4 members (excludes halogenated alkanes) is 33. The molecule has 0 aromatic carbocycles. The summed E-state index contributed by atoms with van der Waals surface area (Å²) in [5, 5.41) is 31.6. The fourth-order valence-electron chi connectivity index (χ4n) is 9.96. The van der Waals surface area contributed by atoms with E-state index in [9.17, 15) is 34.5 Å². The zero-order valence-electron chi connectivity index (χ0n) is 51.8. The van der Waals surface area contributed by atoms with Gasteiger partial charge in [0.15, 0.2) is 24.6 Å². The van der Waals surface area contributed by atoms with E-state index in [2.05, 4.69) is 81.5 Å². The van der Waals surface area contributed by atoms with E-state index < -0.39 is 67.3 Å². The van der Waals surface area contributed by atoms with E-state index in [1.54, 1.807) is 0 Å². The Kier molecular flexibility index (Phi) is 53.0. The molecule has 0 aromatic heterocycles. The molecule has 6 unspecified atom stereocenters. The highest BCUT2D eigenvalue weighted by Gasteiger charge is 2.50. The van der Waals surface area contributed by atoms with E-state index in [4.69, 9.17) is 23.7 Å². The monoisotopic (exact) mass is 1140 g/mol. The molecule has 81 heavy (non-hydrogen) atoms. The summed E-state index contributed by atoms with van der Waals surface area (Å²) < 4.78 is 28.5. The molecule has 1 fully saturated rings. The number of aliphatic carboxylic acids is 1. The van der Waals surface area contributed by atoms with Crippen molar-refractivity contribution in [1.29, 1.82) is 0 Å². The van der Waals surface area contributed by atoms with E-state index in [0.717, 1.165) is 109 Å². The van der Waals surface area contributed by atoms with Crippen LogP contribution in [-0.4, -0.2) is 89.2 Å². The second-order valence-electron chi connectivity index (χ2n) is 22.7. The molecule has 0 amide bonds. The largest absolute Gasteiger partial charge is 0.479 e. The number of hydrogen-bond acceptors (Lipinski definition) is 11. The van der Waals surface area contributed by atoms with Crippen molar-refractivity contribution < 1.29 is 58.2 Å². The van der Waals surface area contributed by atoms with Gasteiger partial charge >= 0.3 is 23.9 Å². The van der Waals surface area contributed by atoms with Crippen molar-refractivity contribution in [2.45, 2.75) is 340 Å². The van der Waals surface area contributed by atoms with Crippen LogP contribution in [0.25, 0.3) is 0 Å². The van der Waals surface area contributed by atoms with Gasteiger partial charge in [0.05, 0.1) is 6.61 Å². The van der Waals surface area contributed by atoms with Gasteiger partial charge < -0.3 is 39.0 Å². The van der Waals surface area contributed by atoms with Crippen LogP contribution in [0.4, 0.5) is 0 Å². The van der Waals surface area contributed by atoms with E-state index >= 15 is 0 Å². The molecule has 12 heteroatoms. The number of carbonyl (C=O) groups excluding carboxylic acids is 3. The van der Waals surface area contributed by atoms with Gasteiger partial charge in [-0.25, -0.2) is 4.79 Å². The number of carboxylic acid groups (broad SMARTS) is 1. The third kappa shape index (κ3) is 46.5. The van der Waals surface area contributed by atoms with Crippen molar-refractivity contribution in [2.75, 3.05) is 13.2 Å². The van der Waals surface area contributed by atoms with Crippen molar-refractivity contribution in [3.63, 3.8) is 0 Å². The van der Waals surface area contributed by atoms with Gasteiger partial charge in [-0.2, -0.15) is 0 Å². The van der Waals surface area contributed by atoms with Crippen molar-refractivity contribution in [1.82, 2.24) is 0 Å². The summed E-state index contributed by atoms with van der Waals surface area (Å²) in [6.07, 6.45) is 58.9. The fourth-order valence-corrected chi connectivity index (χ4v) is 9.96. The molecule has 468 valence electrons. The normalized spacial score (nSPS) is 18.1. The fraction of sp³-hybridized carbons (Fsp3) is 0.797. The van der Waals surface area contributed by atoms with Crippen LogP contribution in [0.2, 0.25) is 0 Å². The van der Waals surface area contributed by atoms with Crippen LogP contribution in [0, 0.1) is 0 Å². The van der Waals surface area contributed by atoms with E-state index in [-0.39, 0.29) is 25.9 Å². The Morgan fingerprint density at radius 2 is 0.778 bits per heavy atom. The maximum absolute atomic E-state index is 13.2. The summed E-state index contributed by atoms with van der Waals surface area (Å²) in [6.45, 7) is 5.90. The maximum Gasteiger partial charge on any atom is 0.335 e. The van der Waals surface area contributed by atoms with Gasteiger partial charge in [-0.3, -0.25) is 14.4 Å². The molecular weight excluding hydrogens is 1020 g/mol. The van der Waals surface area contributed by atoms with Crippen LogP contribution >= 0.6 is 0 Å². The first-order valence-corrected chi connectivity index (χ1v) is 33.3. The second-order valence-corrected chi connectivity index (χ2v) is 22.7. The molecule has 0 radical (unpaired) electrons. The Labute approximate surface area is 494 Å². The zero-order chi connectivity index (χ0) is 58.9. The zero-order valence-corrected chi connectivity index (χ0v) is 51.8. The lowest BCUT2D eigenvalue weighted by atomic mass is 9.98. The summed E-state index contributed by atoms with van der Waals surface area (Å²) in [7, 11) is 0. The Morgan fingerprint density at radius 3 is 1.20 bits per heavy atom. The summed E-state index contributed by atoms with van der Waals surface area (Å²) in [5.74, 6) is -3.13. The quantitative estimate of drug-likeness (QED) is 0.0228. The second kappa shape index (κ2) is 56.9. The van der Waals surface area contributed by atoms with Gasteiger partial charge in [-0.1, -0.05) is 242 Å². The topological polar surface area (TPSA) is 175 Å². The molecule has 1 aliphatic rings. The highest BCUT2D eigenvalue weighted by molar-refractivity contribution is 5.74. The van der Waals surface area contributed by atoms with Crippen LogP contribution in [0.1, 0.15) is 303 Å². The maximum atomic E-state index is 13.2. The summed E-state index contributed by atoms with van der Waals surface area (Å²) >= 11 is 0. The number of rotatable bonds is 57. The first-order chi connectivity index (χ1) is 39.6. The SMILES string of the molecule is CC/C=C\C/C=C\C/C=C\CCCCCCCC(=O)OC(COC(=O)CCCCCCCCC/C=C\CCCCCCCC)COC1OC(C(=O)O)C(O)C(O)C1OC(=O)CCCCCCCCCCC/C=C\CCCCCCCC. The smallest absolute Gasteiger partial charge is 0.335 e. The lowest BCUT2D eigenvalue weighted by molar-refractivity contribution is -0.301. The van der Waals surface area contributed by atoms with Gasteiger partial charge in [0.1, 0.15) is 18.8 Å². The minimum absolute atomic E-state index is 0.0563. The number of aliphatic hydroxyl groups is 2. The van der Waals surface area contributed by atoms with Crippen LogP contribution < -0.4 is 0 Å². The van der Waals surface area contributed by atoms with E-state index in [1.807, 2.05) is 0 Å². The van der Waals surface area contributed by atoms with Gasteiger partial charge in [0.25, 0.3) is 0 Å².